The number of benzene rings is 2. The molecule has 2 rings (SSSR count). The summed E-state index contributed by atoms with van der Waals surface area (Å²) in [6.07, 6.45) is 0. The summed E-state index contributed by atoms with van der Waals surface area (Å²) in [4.78, 5) is 4.55. The summed E-state index contributed by atoms with van der Waals surface area (Å²) >= 11 is 0. The minimum absolute atomic E-state index is 0.228. The number of hydrogen-bond donors (Lipinski definition) is 2. The summed E-state index contributed by atoms with van der Waals surface area (Å²) in [6, 6.07) is 14.3. The average molecular weight is 315 g/mol. The molecule has 0 aliphatic carbocycles. The number of halogens is 1. The Morgan fingerprint density at radius 1 is 1.00 bits per heavy atom. The van der Waals surface area contributed by atoms with Gasteiger partial charge in [0.1, 0.15) is 11.6 Å². The fourth-order valence-electron chi connectivity index (χ4n) is 2.03. The predicted octanol–water partition coefficient (Wildman–Crippen LogP) is 3.09. The zero-order chi connectivity index (χ0) is 16.5. The van der Waals surface area contributed by atoms with E-state index in [0.717, 1.165) is 29.4 Å². The molecule has 0 atom stereocenters. The fraction of sp³-hybridized carbons (Fsp3) is 0.278. The monoisotopic (exact) mass is 315 g/mol. The molecule has 0 radical (unpaired) electrons. The smallest absolute Gasteiger partial charge is 0.191 e. The molecule has 5 heteroatoms. The zero-order valence-corrected chi connectivity index (χ0v) is 13.5. The Morgan fingerprint density at radius 2 is 1.65 bits per heavy atom. The van der Waals surface area contributed by atoms with Gasteiger partial charge in [-0.3, -0.25) is 0 Å². The maximum absolute atomic E-state index is 12.9. The normalized spacial score (nSPS) is 11.2. The topological polar surface area (TPSA) is 45.7 Å². The number of nitrogens with one attached hydrogen (secondary N) is 2. The fourth-order valence-corrected chi connectivity index (χ4v) is 2.03. The molecule has 23 heavy (non-hydrogen) atoms. The Morgan fingerprint density at radius 3 is 2.26 bits per heavy atom. The second kappa shape index (κ2) is 8.78. The van der Waals surface area contributed by atoms with Crippen molar-refractivity contribution in [2.75, 3.05) is 13.7 Å². The maximum Gasteiger partial charge on any atom is 0.191 e. The molecule has 0 heterocycles. The van der Waals surface area contributed by atoms with Crippen LogP contribution < -0.4 is 15.4 Å². The lowest BCUT2D eigenvalue weighted by Gasteiger charge is -2.11. The van der Waals surface area contributed by atoms with Crippen LogP contribution in [0.25, 0.3) is 0 Å². The van der Waals surface area contributed by atoms with Gasteiger partial charge in [0.05, 0.1) is 13.7 Å². The molecule has 0 saturated heterocycles. The van der Waals surface area contributed by atoms with Crippen LogP contribution in [0.2, 0.25) is 0 Å². The van der Waals surface area contributed by atoms with Crippen molar-refractivity contribution >= 4 is 5.96 Å². The molecule has 0 aliphatic heterocycles. The van der Waals surface area contributed by atoms with Gasteiger partial charge in [-0.15, -0.1) is 0 Å². The van der Waals surface area contributed by atoms with Gasteiger partial charge in [-0.2, -0.15) is 0 Å². The maximum atomic E-state index is 12.9. The van der Waals surface area contributed by atoms with Crippen LogP contribution in [0.3, 0.4) is 0 Å². The number of nitrogens with zero attached hydrogens (tertiary/aromatic N) is 1. The first-order valence-corrected chi connectivity index (χ1v) is 7.61. The van der Waals surface area contributed by atoms with E-state index in [2.05, 4.69) is 15.6 Å². The molecule has 0 bridgehead atoms. The van der Waals surface area contributed by atoms with Gasteiger partial charge in [0, 0.05) is 13.1 Å². The Balaban J connectivity index is 1.94. The largest absolute Gasteiger partial charge is 0.497 e. The predicted molar refractivity (Wildman–Crippen MR) is 91.0 cm³/mol. The summed E-state index contributed by atoms with van der Waals surface area (Å²) in [7, 11) is 1.65. The van der Waals surface area contributed by atoms with E-state index >= 15 is 0 Å². The van der Waals surface area contributed by atoms with Gasteiger partial charge in [-0.25, -0.2) is 9.38 Å². The Bertz CT molecular complexity index is 624. The van der Waals surface area contributed by atoms with Gasteiger partial charge >= 0.3 is 0 Å². The van der Waals surface area contributed by atoms with Gasteiger partial charge in [0.15, 0.2) is 5.96 Å². The molecule has 0 unspecified atom stereocenters. The lowest BCUT2D eigenvalue weighted by atomic mass is 10.2. The summed E-state index contributed by atoms with van der Waals surface area (Å²) in [5, 5.41) is 6.44. The first-order valence-electron chi connectivity index (χ1n) is 7.61. The highest BCUT2D eigenvalue weighted by atomic mass is 19.1. The van der Waals surface area contributed by atoms with Crippen LogP contribution in [-0.4, -0.2) is 19.6 Å². The van der Waals surface area contributed by atoms with Crippen molar-refractivity contribution in [3.63, 3.8) is 0 Å². The van der Waals surface area contributed by atoms with E-state index in [-0.39, 0.29) is 5.82 Å². The molecule has 0 spiro atoms. The number of methoxy groups -OCH3 is 1. The van der Waals surface area contributed by atoms with Crippen molar-refractivity contribution in [3.8, 4) is 5.75 Å². The molecule has 0 aromatic heterocycles. The minimum Gasteiger partial charge on any atom is -0.497 e. The molecule has 4 nitrogen and oxygen atoms in total. The Kier molecular flexibility index (Phi) is 6.41. The number of hydrogen-bond acceptors (Lipinski definition) is 2. The molecular formula is C18H22FN3O. The zero-order valence-electron chi connectivity index (χ0n) is 13.5. The van der Waals surface area contributed by atoms with Crippen LogP contribution in [0.1, 0.15) is 18.1 Å². The van der Waals surface area contributed by atoms with Crippen LogP contribution in [-0.2, 0) is 13.1 Å². The van der Waals surface area contributed by atoms with E-state index in [1.54, 1.807) is 19.2 Å². The van der Waals surface area contributed by atoms with E-state index in [9.17, 15) is 4.39 Å². The molecule has 0 saturated carbocycles. The quantitative estimate of drug-likeness (QED) is 0.636. The van der Waals surface area contributed by atoms with Gasteiger partial charge < -0.3 is 15.4 Å². The second-order valence-corrected chi connectivity index (χ2v) is 5.02. The van der Waals surface area contributed by atoms with Crippen molar-refractivity contribution in [2.24, 2.45) is 4.99 Å². The molecule has 2 aromatic carbocycles. The van der Waals surface area contributed by atoms with E-state index in [4.69, 9.17) is 4.74 Å². The highest BCUT2D eigenvalue weighted by Crippen LogP contribution is 2.11. The highest BCUT2D eigenvalue weighted by molar-refractivity contribution is 5.79. The van der Waals surface area contributed by atoms with Gasteiger partial charge in [0.25, 0.3) is 0 Å². The van der Waals surface area contributed by atoms with E-state index in [1.807, 2.05) is 31.2 Å². The first-order chi connectivity index (χ1) is 11.2. The molecule has 122 valence electrons. The number of rotatable bonds is 6. The molecule has 0 amide bonds. The summed E-state index contributed by atoms with van der Waals surface area (Å²) in [5.41, 5.74) is 2.10. The molecule has 2 N–H and O–H groups in total. The highest BCUT2D eigenvalue weighted by Gasteiger charge is 1.99. The average Bonchev–Trinajstić information content (AvgIpc) is 2.59. The van der Waals surface area contributed by atoms with Crippen LogP contribution in [0.15, 0.2) is 53.5 Å². The number of ether oxygens (including phenoxy) is 1. The van der Waals surface area contributed by atoms with Gasteiger partial charge in [0.2, 0.25) is 0 Å². The van der Waals surface area contributed by atoms with E-state index < -0.39 is 0 Å². The number of guanidine groups is 1. The standard InChI is InChI=1S/C18H22FN3O/c1-3-20-18(21-12-14-4-8-16(19)9-5-14)22-13-15-6-10-17(23-2)11-7-15/h4-11H,3,12-13H2,1-2H3,(H2,20,21,22). The molecular weight excluding hydrogens is 293 g/mol. The van der Waals surface area contributed by atoms with Crippen molar-refractivity contribution in [3.05, 3.63) is 65.5 Å². The van der Waals surface area contributed by atoms with Crippen LogP contribution in [0.5, 0.6) is 5.75 Å². The second-order valence-electron chi connectivity index (χ2n) is 5.02. The molecule has 2 aromatic rings. The van der Waals surface area contributed by atoms with Gasteiger partial charge in [-0.05, 0) is 42.3 Å². The molecule has 0 fully saturated rings. The van der Waals surface area contributed by atoms with Crippen LogP contribution >= 0.6 is 0 Å². The van der Waals surface area contributed by atoms with Crippen molar-refractivity contribution in [2.45, 2.75) is 20.0 Å². The van der Waals surface area contributed by atoms with Crippen molar-refractivity contribution in [1.29, 1.82) is 0 Å². The molecule has 0 aliphatic rings. The van der Waals surface area contributed by atoms with Crippen LogP contribution in [0, 0.1) is 5.82 Å². The Labute approximate surface area is 136 Å². The third-order valence-corrected chi connectivity index (χ3v) is 3.30. The van der Waals surface area contributed by atoms with Gasteiger partial charge in [-0.1, -0.05) is 24.3 Å². The number of aliphatic imine (C=N–C) groups is 1. The van der Waals surface area contributed by atoms with E-state index in [1.165, 1.54) is 12.1 Å². The summed E-state index contributed by atoms with van der Waals surface area (Å²) < 4.78 is 18.0. The summed E-state index contributed by atoms with van der Waals surface area (Å²) in [5.74, 6) is 1.33. The SMILES string of the molecule is CCNC(=NCc1ccc(OC)cc1)NCc1ccc(F)cc1. The lowest BCUT2D eigenvalue weighted by Crippen LogP contribution is -2.36. The van der Waals surface area contributed by atoms with Crippen molar-refractivity contribution < 1.29 is 9.13 Å². The minimum atomic E-state index is -0.228. The van der Waals surface area contributed by atoms with Crippen molar-refractivity contribution in [1.82, 2.24) is 10.6 Å². The summed E-state index contributed by atoms with van der Waals surface area (Å²) in [6.45, 7) is 3.96. The Hall–Kier alpha value is -2.56. The van der Waals surface area contributed by atoms with E-state index in [0.29, 0.717) is 13.1 Å². The third-order valence-electron chi connectivity index (χ3n) is 3.30. The third kappa shape index (κ3) is 5.62. The first kappa shape index (κ1) is 16.8. The lowest BCUT2D eigenvalue weighted by molar-refractivity contribution is 0.414. The van der Waals surface area contributed by atoms with Crippen LogP contribution in [0.4, 0.5) is 4.39 Å².